The largest absolute Gasteiger partial charge is 0.480 e. The number of methoxy groups -OCH3 is 1. The van der Waals surface area contributed by atoms with Crippen molar-refractivity contribution >= 4 is 29.4 Å². The van der Waals surface area contributed by atoms with E-state index < -0.39 is 0 Å². The Bertz CT molecular complexity index is 1410. The summed E-state index contributed by atoms with van der Waals surface area (Å²) in [6.45, 7) is 4.95. The number of ether oxygens (including phenoxy) is 4. The lowest BCUT2D eigenvalue weighted by Gasteiger charge is -2.20. The van der Waals surface area contributed by atoms with E-state index in [1.165, 1.54) is 7.11 Å². The number of pyridine rings is 1. The lowest BCUT2D eigenvalue weighted by atomic mass is 10.1. The molecule has 0 radical (unpaired) electrons. The number of aryl methyl sites for hydroxylation is 1. The maximum Gasteiger partial charge on any atom is 0.337 e. The molecule has 0 fully saturated rings. The lowest BCUT2D eigenvalue weighted by Crippen LogP contribution is -2.23. The number of halogens is 1. The zero-order valence-electron chi connectivity index (χ0n) is 21.0. The SMILES string of the molecule is COC(=O)c1ccc(Cn2c(C)c(C)c3nccc(OC(Cc4ccccc4)C4=COCO4)c32)cc1.Cl. The quantitative estimate of drug-likeness (QED) is 0.276. The molecule has 0 saturated heterocycles. The van der Waals surface area contributed by atoms with Gasteiger partial charge in [0.2, 0.25) is 6.79 Å². The van der Waals surface area contributed by atoms with Crippen molar-refractivity contribution < 1.29 is 23.7 Å². The van der Waals surface area contributed by atoms with Crippen molar-refractivity contribution in [2.75, 3.05) is 13.9 Å². The Morgan fingerprint density at radius 3 is 2.49 bits per heavy atom. The van der Waals surface area contributed by atoms with Crippen LogP contribution in [0, 0.1) is 13.8 Å². The van der Waals surface area contributed by atoms with Crippen molar-refractivity contribution in [3.63, 3.8) is 0 Å². The number of benzene rings is 2. The fourth-order valence-corrected chi connectivity index (χ4v) is 4.46. The minimum Gasteiger partial charge on any atom is -0.480 e. The third kappa shape index (κ3) is 5.42. The van der Waals surface area contributed by atoms with Gasteiger partial charge in [0.25, 0.3) is 0 Å². The number of hydrogen-bond donors (Lipinski definition) is 0. The van der Waals surface area contributed by atoms with Crippen LogP contribution in [0.3, 0.4) is 0 Å². The second kappa shape index (κ2) is 11.4. The fourth-order valence-electron chi connectivity index (χ4n) is 4.46. The molecule has 4 aromatic rings. The molecule has 1 atom stereocenters. The Morgan fingerprint density at radius 1 is 1.05 bits per heavy atom. The number of fused-ring (bicyclic) bond motifs is 1. The van der Waals surface area contributed by atoms with Gasteiger partial charge < -0.3 is 23.5 Å². The van der Waals surface area contributed by atoms with E-state index in [-0.39, 0.29) is 31.3 Å². The third-order valence-corrected chi connectivity index (χ3v) is 6.52. The molecular weight excluding hydrogens is 492 g/mol. The molecule has 2 aromatic carbocycles. The second-order valence-electron chi connectivity index (χ2n) is 8.74. The Balaban J connectivity index is 0.00000320. The van der Waals surface area contributed by atoms with Gasteiger partial charge in [0.15, 0.2) is 11.9 Å². The number of aromatic nitrogens is 2. The number of esters is 1. The molecule has 0 aliphatic carbocycles. The van der Waals surface area contributed by atoms with E-state index in [0.29, 0.717) is 24.3 Å². The lowest BCUT2D eigenvalue weighted by molar-refractivity contribution is 0.0559. The van der Waals surface area contributed by atoms with Gasteiger partial charge in [-0.1, -0.05) is 42.5 Å². The highest BCUT2D eigenvalue weighted by Crippen LogP contribution is 2.33. The highest BCUT2D eigenvalue weighted by atomic mass is 35.5. The van der Waals surface area contributed by atoms with Gasteiger partial charge in [0.1, 0.15) is 17.5 Å². The summed E-state index contributed by atoms with van der Waals surface area (Å²) in [6, 6.07) is 19.5. The molecule has 2 aromatic heterocycles. The van der Waals surface area contributed by atoms with E-state index in [4.69, 9.17) is 18.9 Å². The van der Waals surface area contributed by atoms with Crippen LogP contribution in [-0.4, -0.2) is 35.5 Å². The zero-order valence-corrected chi connectivity index (χ0v) is 21.8. The summed E-state index contributed by atoms with van der Waals surface area (Å²) in [5, 5.41) is 0. The molecular formula is C29H29ClN2O5. The van der Waals surface area contributed by atoms with E-state index in [2.05, 4.69) is 35.5 Å². The van der Waals surface area contributed by atoms with Crippen LogP contribution < -0.4 is 4.74 Å². The molecule has 0 N–H and O–H groups in total. The topological polar surface area (TPSA) is 71.8 Å². The minimum absolute atomic E-state index is 0. The van der Waals surface area contributed by atoms with E-state index in [1.807, 2.05) is 36.4 Å². The van der Waals surface area contributed by atoms with E-state index >= 15 is 0 Å². The molecule has 37 heavy (non-hydrogen) atoms. The predicted octanol–water partition coefficient (Wildman–Crippen LogP) is 5.75. The number of nitrogens with zero attached hydrogens (tertiary/aromatic N) is 2. The summed E-state index contributed by atoms with van der Waals surface area (Å²) in [4.78, 5) is 16.5. The Kier molecular flexibility index (Phi) is 8.04. The van der Waals surface area contributed by atoms with Crippen LogP contribution in [0.5, 0.6) is 5.75 Å². The summed E-state index contributed by atoms with van der Waals surface area (Å²) >= 11 is 0. The Morgan fingerprint density at radius 2 is 1.81 bits per heavy atom. The maximum atomic E-state index is 11.8. The van der Waals surface area contributed by atoms with Crippen LogP contribution in [-0.2, 0) is 27.2 Å². The zero-order chi connectivity index (χ0) is 25.1. The van der Waals surface area contributed by atoms with Crippen LogP contribution in [0.4, 0.5) is 0 Å². The van der Waals surface area contributed by atoms with E-state index in [1.54, 1.807) is 24.6 Å². The number of hydrogen-bond acceptors (Lipinski definition) is 6. The summed E-state index contributed by atoms with van der Waals surface area (Å²) in [5.74, 6) is 1.03. The summed E-state index contributed by atoms with van der Waals surface area (Å²) in [6.07, 6.45) is 3.68. The molecule has 192 valence electrons. The fraction of sp³-hybridized carbons (Fsp3) is 0.241. The van der Waals surface area contributed by atoms with Crippen LogP contribution in [0.25, 0.3) is 11.0 Å². The molecule has 3 heterocycles. The molecule has 1 aliphatic rings. The van der Waals surface area contributed by atoms with Gasteiger partial charge in [-0.3, -0.25) is 4.98 Å². The molecule has 1 unspecified atom stereocenters. The molecule has 0 amide bonds. The van der Waals surface area contributed by atoms with E-state index in [0.717, 1.165) is 39.2 Å². The third-order valence-electron chi connectivity index (χ3n) is 6.52. The summed E-state index contributed by atoms with van der Waals surface area (Å²) in [7, 11) is 1.38. The van der Waals surface area contributed by atoms with Gasteiger partial charge in [-0.2, -0.15) is 0 Å². The van der Waals surface area contributed by atoms with Crippen molar-refractivity contribution in [1.29, 1.82) is 0 Å². The van der Waals surface area contributed by atoms with Gasteiger partial charge in [0, 0.05) is 30.9 Å². The van der Waals surface area contributed by atoms with Crippen molar-refractivity contribution in [2.24, 2.45) is 0 Å². The molecule has 7 nitrogen and oxygen atoms in total. The molecule has 0 saturated carbocycles. The van der Waals surface area contributed by atoms with Crippen LogP contribution in [0.1, 0.15) is 32.7 Å². The maximum absolute atomic E-state index is 11.8. The first kappa shape index (κ1) is 26.1. The predicted molar refractivity (Wildman–Crippen MR) is 143 cm³/mol. The number of rotatable bonds is 8. The Labute approximate surface area is 222 Å². The highest BCUT2D eigenvalue weighted by molar-refractivity contribution is 5.89. The molecule has 5 rings (SSSR count). The van der Waals surface area contributed by atoms with Crippen molar-refractivity contribution in [3.05, 3.63) is 107 Å². The minimum atomic E-state index is -0.358. The summed E-state index contributed by atoms with van der Waals surface area (Å²) in [5.41, 5.74) is 6.72. The molecule has 8 heteroatoms. The normalized spacial score (nSPS) is 13.2. The first-order chi connectivity index (χ1) is 17.5. The first-order valence-corrected chi connectivity index (χ1v) is 11.8. The van der Waals surface area contributed by atoms with Crippen molar-refractivity contribution in [3.8, 4) is 5.75 Å². The molecule has 1 aliphatic heterocycles. The van der Waals surface area contributed by atoms with Crippen LogP contribution in [0.15, 0.2) is 78.9 Å². The first-order valence-electron chi connectivity index (χ1n) is 11.8. The van der Waals surface area contributed by atoms with Gasteiger partial charge >= 0.3 is 5.97 Å². The van der Waals surface area contributed by atoms with Gasteiger partial charge in [-0.15, -0.1) is 12.4 Å². The van der Waals surface area contributed by atoms with Gasteiger partial charge in [-0.25, -0.2) is 4.79 Å². The van der Waals surface area contributed by atoms with E-state index in [9.17, 15) is 4.79 Å². The molecule has 0 bridgehead atoms. The average Bonchev–Trinajstić information content (AvgIpc) is 3.53. The number of carbonyl (C=O) groups is 1. The smallest absolute Gasteiger partial charge is 0.337 e. The van der Waals surface area contributed by atoms with Gasteiger partial charge in [0.05, 0.1) is 18.2 Å². The summed E-state index contributed by atoms with van der Waals surface area (Å²) < 4.78 is 24.7. The number of carbonyl (C=O) groups excluding carboxylic acids is 1. The van der Waals surface area contributed by atoms with Crippen molar-refractivity contribution in [1.82, 2.24) is 9.55 Å². The molecule has 0 spiro atoms. The van der Waals surface area contributed by atoms with Gasteiger partial charge in [-0.05, 0) is 42.7 Å². The Hall–Kier alpha value is -3.97. The highest BCUT2D eigenvalue weighted by Gasteiger charge is 2.25. The monoisotopic (exact) mass is 520 g/mol. The standard InChI is InChI=1S/C29H28N2O5.ClH/c1-19-20(2)31(16-22-9-11-23(12-10-22)29(32)33-3)28-24(13-14-30-27(19)28)36-25(26-17-34-18-35-26)15-21-7-5-4-6-8-21;/h4-14,17,25H,15-16,18H2,1-3H3;1H. The van der Waals surface area contributed by atoms with Crippen LogP contribution in [0.2, 0.25) is 0 Å². The van der Waals surface area contributed by atoms with Crippen molar-refractivity contribution in [2.45, 2.75) is 32.9 Å². The average molecular weight is 521 g/mol. The van der Waals surface area contributed by atoms with Crippen LogP contribution >= 0.6 is 12.4 Å². The second-order valence-corrected chi connectivity index (χ2v) is 8.74.